The van der Waals surface area contributed by atoms with E-state index in [1.807, 2.05) is 6.92 Å². The second-order valence-corrected chi connectivity index (χ2v) is 8.74. The minimum absolute atomic E-state index is 0.126. The van der Waals surface area contributed by atoms with E-state index in [2.05, 4.69) is 31.5 Å². The lowest BCUT2D eigenvalue weighted by Crippen LogP contribution is -2.37. The Balaban J connectivity index is 1.37. The molecule has 1 aromatic heterocycles. The second-order valence-electron chi connectivity index (χ2n) is 7.07. The quantitative estimate of drug-likeness (QED) is 0.272. The van der Waals surface area contributed by atoms with Crippen molar-refractivity contribution in [1.82, 2.24) is 10.3 Å². The van der Waals surface area contributed by atoms with E-state index in [9.17, 15) is 9.90 Å². The number of rotatable bonds is 5. The summed E-state index contributed by atoms with van der Waals surface area (Å²) in [6.45, 7) is 1.66. The number of aromatic nitrogens is 1. The summed E-state index contributed by atoms with van der Waals surface area (Å²) in [6.07, 6.45) is 0. The molecule has 3 aromatic carbocycles. The fraction of sp³-hybridized carbons (Fsp3) is 0.0870. The number of phenols is 1. The van der Waals surface area contributed by atoms with Crippen LogP contribution < -0.4 is 15.4 Å². The number of nitrogens with one attached hydrogen (secondary N) is 2. The lowest BCUT2D eigenvalue weighted by atomic mass is 10.2. The van der Waals surface area contributed by atoms with Crippen molar-refractivity contribution in [2.45, 2.75) is 6.92 Å². The van der Waals surface area contributed by atoms with Gasteiger partial charge in [0.2, 0.25) is 5.89 Å². The van der Waals surface area contributed by atoms with Gasteiger partial charge in [0.25, 0.3) is 5.91 Å². The number of phenolic OH excluding ortho intramolecular Hbond substituents is 1. The van der Waals surface area contributed by atoms with E-state index in [0.717, 1.165) is 5.56 Å². The minimum Gasteiger partial charge on any atom is -0.507 e. The molecule has 1 amide bonds. The number of thiocarbonyl (C=S) groups is 1. The van der Waals surface area contributed by atoms with Crippen molar-refractivity contribution in [3.63, 3.8) is 0 Å². The maximum atomic E-state index is 12.2. The number of aromatic hydroxyl groups is 1. The molecular weight excluding hydrogens is 530 g/mol. The molecule has 168 valence electrons. The highest BCUT2D eigenvalue weighted by molar-refractivity contribution is 9.10. The summed E-state index contributed by atoms with van der Waals surface area (Å²) in [4.78, 5) is 16.6. The Labute approximate surface area is 207 Å². The number of aryl methyl sites for hydroxylation is 1. The maximum Gasteiger partial charge on any atom is 0.264 e. The van der Waals surface area contributed by atoms with Crippen LogP contribution in [0, 0.1) is 6.92 Å². The van der Waals surface area contributed by atoms with E-state index in [0.29, 0.717) is 43.5 Å². The molecule has 0 bridgehead atoms. The molecule has 3 N–H and O–H groups in total. The first-order valence-electron chi connectivity index (χ1n) is 9.68. The van der Waals surface area contributed by atoms with E-state index < -0.39 is 5.91 Å². The molecule has 0 spiro atoms. The summed E-state index contributed by atoms with van der Waals surface area (Å²) in [5, 5.41) is 15.9. The van der Waals surface area contributed by atoms with Crippen molar-refractivity contribution in [2.24, 2.45) is 0 Å². The number of amides is 1. The number of carbonyl (C=O) groups excluding carboxylic acids is 1. The monoisotopic (exact) mass is 545 g/mol. The van der Waals surface area contributed by atoms with Crippen molar-refractivity contribution in [2.75, 3.05) is 11.9 Å². The first-order valence-corrected chi connectivity index (χ1v) is 11.3. The van der Waals surface area contributed by atoms with Gasteiger partial charge in [-0.25, -0.2) is 4.98 Å². The van der Waals surface area contributed by atoms with E-state index in [4.69, 9.17) is 33.0 Å². The van der Waals surface area contributed by atoms with Gasteiger partial charge < -0.3 is 19.6 Å². The number of fused-ring (bicyclic) bond motifs is 1. The Kier molecular flexibility index (Phi) is 6.83. The lowest BCUT2D eigenvalue weighted by molar-refractivity contribution is -0.121. The summed E-state index contributed by atoms with van der Waals surface area (Å²) < 4.78 is 11.8. The molecule has 0 aliphatic carbocycles. The van der Waals surface area contributed by atoms with E-state index in [-0.39, 0.29) is 17.5 Å². The molecular formula is C23H17BrClN3O4S. The number of nitrogens with zero attached hydrogens (tertiary/aromatic N) is 1. The number of hydrogen-bond acceptors (Lipinski definition) is 6. The number of hydrogen-bond donors (Lipinski definition) is 3. The molecule has 1 heterocycles. The highest BCUT2D eigenvalue weighted by atomic mass is 79.9. The fourth-order valence-electron chi connectivity index (χ4n) is 2.95. The highest BCUT2D eigenvalue weighted by Gasteiger charge is 2.12. The Morgan fingerprint density at radius 1 is 1.21 bits per heavy atom. The first-order chi connectivity index (χ1) is 15.8. The maximum absolute atomic E-state index is 12.2. The lowest BCUT2D eigenvalue weighted by Gasteiger charge is -2.11. The van der Waals surface area contributed by atoms with Gasteiger partial charge in [-0.15, -0.1) is 0 Å². The third-order valence-corrected chi connectivity index (χ3v) is 5.86. The number of benzene rings is 3. The Hall–Kier alpha value is -3.14. The summed E-state index contributed by atoms with van der Waals surface area (Å²) in [5.41, 5.74) is 3.39. The van der Waals surface area contributed by atoms with E-state index in [1.54, 1.807) is 54.6 Å². The van der Waals surface area contributed by atoms with Gasteiger partial charge in [0.05, 0.1) is 4.47 Å². The molecule has 4 aromatic rings. The van der Waals surface area contributed by atoms with Crippen LogP contribution in [0.5, 0.6) is 11.5 Å². The van der Waals surface area contributed by atoms with Crippen LogP contribution in [0.1, 0.15) is 5.56 Å². The van der Waals surface area contributed by atoms with Crippen molar-refractivity contribution in [3.05, 3.63) is 69.7 Å². The van der Waals surface area contributed by atoms with Crippen LogP contribution in [0.25, 0.3) is 22.6 Å². The molecule has 33 heavy (non-hydrogen) atoms. The number of oxazole rings is 1. The van der Waals surface area contributed by atoms with Crippen molar-refractivity contribution in [1.29, 1.82) is 0 Å². The largest absolute Gasteiger partial charge is 0.507 e. The molecule has 0 aliphatic rings. The van der Waals surface area contributed by atoms with E-state index >= 15 is 0 Å². The second kappa shape index (κ2) is 9.78. The third kappa shape index (κ3) is 5.62. The van der Waals surface area contributed by atoms with Crippen molar-refractivity contribution < 1.29 is 19.1 Å². The van der Waals surface area contributed by atoms with Crippen molar-refractivity contribution in [3.8, 4) is 23.0 Å². The first kappa shape index (κ1) is 23.0. The Morgan fingerprint density at radius 3 is 2.79 bits per heavy atom. The number of halogens is 2. The normalized spacial score (nSPS) is 10.8. The van der Waals surface area contributed by atoms with Crippen molar-refractivity contribution >= 4 is 67.6 Å². The summed E-state index contributed by atoms with van der Waals surface area (Å²) in [6, 6.07) is 15.4. The van der Waals surface area contributed by atoms with Crippen LogP contribution >= 0.6 is 39.7 Å². The molecule has 7 nitrogen and oxygen atoms in total. The minimum atomic E-state index is -0.400. The molecule has 0 aliphatic heterocycles. The fourth-order valence-corrected chi connectivity index (χ4v) is 3.68. The predicted octanol–water partition coefficient (Wildman–Crippen LogP) is 5.82. The standard InChI is InChI=1S/C23H17BrClN3O4S/c1-12-8-15(4-5-17(12)25)31-11-21(30)28-23(33)26-14-3-7-20-18(10-14)27-22(32-20)13-2-6-19(29)16(24)9-13/h2-10,29H,11H2,1H3,(H2,26,28,30,33). The van der Waals surface area contributed by atoms with E-state index in [1.165, 1.54) is 0 Å². The molecule has 0 atom stereocenters. The average Bonchev–Trinajstić information content (AvgIpc) is 3.20. The molecule has 0 saturated heterocycles. The molecule has 4 rings (SSSR count). The summed E-state index contributed by atoms with van der Waals surface area (Å²) in [7, 11) is 0. The Bertz CT molecular complexity index is 1380. The molecule has 10 heteroatoms. The number of carbonyl (C=O) groups is 1. The molecule has 0 radical (unpaired) electrons. The SMILES string of the molecule is Cc1cc(OCC(=O)NC(=S)Nc2ccc3oc(-c4ccc(O)c(Br)c4)nc3c2)ccc1Cl. The van der Waals surface area contributed by atoms with Gasteiger partial charge in [-0.2, -0.15) is 0 Å². The van der Waals surface area contributed by atoms with Crippen LogP contribution in [0.2, 0.25) is 5.02 Å². The van der Waals surface area contributed by atoms with Gasteiger partial charge in [0, 0.05) is 16.3 Å². The Morgan fingerprint density at radius 2 is 2.03 bits per heavy atom. The average molecular weight is 547 g/mol. The van der Waals surface area contributed by atoms with Crippen LogP contribution in [-0.2, 0) is 4.79 Å². The van der Waals surface area contributed by atoms with Gasteiger partial charge in [-0.05, 0) is 95.2 Å². The predicted molar refractivity (Wildman–Crippen MR) is 135 cm³/mol. The topological polar surface area (TPSA) is 96.6 Å². The van der Waals surface area contributed by atoms with Crippen LogP contribution in [-0.4, -0.2) is 27.7 Å². The van der Waals surface area contributed by atoms with Gasteiger partial charge in [-0.1, -0.05) is 11.6 Å². The van der Waals surface area contributed by atoms with Gasteiger partial charge in [0.1, 0.15) is 17.0 Å². The molecule has 0 unspecified atom stereocenters. The number of anilines is 1. The zero-order valence-corrected chi connectivity index (χ0v) is 20.3. The number of ether oxygens (including phenoxy) is 1. The third-order valence-electron chi connectivity index (χ3n) is 4.59. The highest BCUT2D eigenvalue weighted by Crippen LogP contribution is 2.31. The molecule has 0 saturated carbocycles. The van der Waals surface area contributed by atoms with Gasteiger partial charge in [0.15, 0.2) is 17.3 Å². The smallest absolute Gasteiger partial charge is 0.264 e. The molecule has 0 fully saturated rings. The van der Waals surface area contributed by atoms with Crippen LogP contribution in [0.15, 0.2) is 63.5 Å². The van der Waals surface area contributed by atoms with Gasteiger partial charge >= 0.3 is 0 Å². The summed E-state index contributed by atoms with van der Waals surface area (Å²) in [5.74, 6) is 0.681. The zero-order chi connectivity index (χ0) is 23.5. The van der Waals surface area contributed by atoms with Crippen LogP contribution in [0.4, 0.5) is 5.69 Å². The zero-order valence-electron chi connectivity index (χ0n) is 17.2. The van der Waals surface area contributed by atoms with Gasteiger partial charge in [-0.3, -0.25) is 10.1 Å². The summed E-state index contributed by atoms with van der Waals surface area (Å²) >= 11 is 14.5. The van der Waals surface area contributed by atoms with Crippen LogP contribution in [0.3, 0.4) is 0 Å².